The minimum atomic E-state index is 0.404. The Hall–Kier alpha value is -0.570. The van der Waals surface area contributed by atoms with Gasteiger partial charge in [0.15, 0.2) is 0 Å². The summed E-state index contributed by atoms with van der Waals surface area (Å²) in [7, 11) is 2.03. The van der Waals surface area contributed by atoms with Crippen molar-refractivity contribution < 1.29 is 4.79 Å². The Morgan fingerprint density at radius 1 is 1.00 bits per heavy atom. The smallest absolute Gasteiger partial charge is 0.226 e. The van der Waals surface area contributed by atoms with E-state index in [1.165, 1.54) is 51.4 Å². The number of amides is 1. The van der Waals surface area contributed by atoms with Crippen molar-refractivity contribution in [1.29, 1.82) is 0 Å². The molecule has 1 heterocycles. The van der Waals surface area contributed by atoms with Crippen molar-refractivity contribution in [1.82, 2.24) is 10.2 Å². The fourth-order valence-corrected chi connectivity index (χ4v) is 6.33. The quantitative estimate of drug-likeness (QED) is 0.866. The number of nitrogens with zero attached hydrogens (tertiary/aromatic N) is 1. The molecule has 4 aliphatic carbocycles. The minimum Gasteiger partial charge on any atom is -0.342 e. The predicted molar refractivity (Wildman–Crippen MR) is 88.4 cm³/mol. The molecule has 0 aromatic heterocycles. The molecule has 0 aromatic carbocycles. The van der Waals surface area contributed by atoms with Crippen LogP contribution in [0.5, 0.6) is 0 Å². The van der Waals surface area contributed by atoms with Gasteiger partial charge in [-0.15, -0.1) is 0 Å². The average molecular weight is 304 g/mol. The number of rotatable bonds is 4. The van der Waals surface area contributed by atoms with Gasteiger partial charge in [0.05, 0.1) is 0 Å². The molecule has 0 unspecified atom stereocenters. The summed E-state index contributed by atoms with van der Waals surface area (Å²) in [5.41, 5.74) is 0. The predicted octanol–water partition coefficient (Wildman–Crippen LogP) is 2.91. The highest BCUT2D eigenvalue weighted by molar-refractivity contribution is 5.80. The van der Waals surface area contributed by atoms with E-state index in [9.17, 15) is 4.79 Å². The fourth-order valence-electron chi connectivity index (χ4n) is 6.33. The molecule has 1 amide bonds. The van der Waals surface area contributed by atoms with Crippen LogP contribution in [-0.4, -0.2) is 37.5 Å². The van der Waals surface area contributed by atoms with Crippen LogP contribution in [0.25, 0.3) is 0 Å². The summed E-state index contributed by atoms with van der Waals surface area (Å²) in [6.07, 6.45) is 10.6. The molecular weight excluding hydrogens is 272 g/mol. The molecule has 124 valence electrons. The van der Waals surface area contributed by atoms with Gasteiger partial charge in [-0.05, 0) is 94.5 Å². The summed E-state index contributed by atoms with van der Waals surface area (Å²) < 4.78 is 0. The zero-order valence-electron chi connectivity index (χ0n) is 14.1. The first-order chi connectivity index (χ1) is 10.7. The van der Waals surface area contributed by atoms with Crippen LogP contribution in [0.1, 0.15) is 51.4 Å². The van der Waals surface area contributed by atoms with Crippen molar-refractivity contribution in [3.05, 3.63) is 0 Å². The topological polar surface area (TPSA) is 32.3 Å². The normalized spacial score (nSPS) is 41.1. The Labute approximate surface area is 135 Å². The van der Waals surface area contributed by atoms with Crippen molar-refractivity contribution in [2.24, 2.45) is 35.5 Å². The highest BCUT2D eigenvalue weighted by Gasteiger charge is 2.51. The zero-order chi connectivity index (χ0) is 15.1. The number of nitrogens with one attached hydrogen (secondary N) is 1. The van der Waals surface area contributed by atoms with E-state index in [-0.39, 0.29) is 0 Å². The van der Waals surface area contributed by atoms with Crippen LogP contribution in [0, 0.1) is 35.5 Å². The van der Waals surface area contributed by atoms with E-state index in [1.807, 2.05) is 7.05 Å². The molecule has 4 bridgehead atoms. The molecule has 0 atom stereocenters. The standard InChI is InChI=1S/C19H32N2O/c1-20-5-2-13-3-6-21(7-4-13)19(22)18-16-9-14-8-15(11-16)12-17(18)10-14/h13-18,20H,2-12H2,1H3. The molecule has 1 N–H and O–H groups in total. The van der Waals surface area contributed by atoms with Crippen LogP contribution in [0.15, 0.2) is 0 Å². The fraction of sp³-hybridized carbons (Fsp3) is 0.947. The van der Waals surface area contributed by atoms with Gasteiger partial charge in [0.1, 0.15) is 0 Å². The maximum Gasteiger partial charge on any atom is 0.226 e. The van der Waals surface area contributed by atoms with Gasteiger partial charge in [0.25, 0.3) is 0 Å². The molecule has 3 heteroatoms. The van der Waals surface area contributed by atoms with Crippen molar-refractivity contribution in [3.63, 3.8) is 0 Å². The molecule has 0 spiro atoms. The van der Waals surface area contributed by atoms with Crippen LogP contribution in [0.4, 0.5) is 0 Å². The summed E-state index contributed by atoms with van der Waals surface area (Å²) in [6.45, 7) is 3.17. The second kappa shape index (κ2) is 6.14. The van der Waals surface area contributed by atoms with Crippen molar-refractivity contribution in [3.8, 4) is 0 Å². The number of likely N-dealkylation sites (tertiary alicyclic amines) is 1. The van der Waals surface area contributed by atoms with Gasteiger partial charge in [-0.2, -0.15) is 0 Å². The Bertz CT molecular complexity index is 386. The molecule has 5 aliphatic rings. The van der Waals surface area contributed by atoms with Crippen molar-refractivity contribution in [2.75, 3.05) is 26.7 Å². The van der Waals surface area contributed by atoms with Gasteiger partial charge in [-0.25, -0.2) is 0 Å². The molecule has 3 nitrogen and oxygen atoms in total. The van der Waals surface area contributed by atoms with Crippen LogP contribution >= 0.6 is 0 Å². The van der Waals surface area contributed by atoms with E-state index >= 15 is 0 Å². The molecule has 1 saturated heterocycles. The van der Waals surface area contributed by atoms with Crippen LogP contribution in [-0.2, 0) is 4.79 Å². The van der Waals surface area contributed by atoms with E-state index in [4.69, 9.17) is 0 Å². The monoisotopic (exact) mass is 304 g/mol. The third-order valence-corrected chi connectivity index (χ3v) is 7.24. The van der Waals surface area contributed by atoms with Gasteiger partial charge in [0.2, 0.25) is 5.91 Å². The minimum absolute atomic E-state index is 0.404. The number of piperidine rings is 1. The Kier molecular flexibility index (Phi) is 4.19. The molecule has 5 fully saturated rings. The van der Waals surface area contributed by atoms with Crippen molar-refractivity contribution >= 4 is 5.91 Å². The highest BCUT2D eigenvalue weighted by Crippen LogP contribution is 2.56. The van der Waals surface area contributed by atoms with E-state index in [0.717, 1.165) is 49.2 Å². The Balaban J connectivity index is 1.35. The number of hydrogen-bond donors (Lipinski definition) is 1. The molecule has 1 aliphatic heterocycles. The second-order valence-electron chi connectivity index (χ2n) is 8.62. The number of carbonyl (C=O) groups is 1. The zero-order valence-corrected chi connectivity index (χ0v) is 14.1. The molecule has 5 rings (SSSR count). The maximum absolute atomic E-state index is 13.1. The summed E-state index contributed by atoms with van der Waals surface area (Å²) in [4.78, 5) is 15.4. The van der Waals surface area contributed by atoms with Gasteiger partial charge >= 0.3 is 0 Å². The lowest BCUT2D eigenvalue weighted by Crippen LogP contribution is -2.53. The number of carbonyl (C=O) groups excluding carboxylic acids is 1. The SMILES string of the molecule is CNCCC1CCN(C(=O)C2C3CC4CC(C3)CC2C4)CC1. The first kappa shape index (κ1) is 15.0. The lowest BCUT2D eigenvalue weighted by atomic mass is 9.51. The van der Waals surface area contributed by atoms with E-state index in [2.05, 4.69) is 10.2 Å². The van der Waals surface area contributed by atoms with Crippen molar-refractivity contribution in [2.45, 2.75) is 51.4 Å². The molecule has 0 aromatic rings. The third-order valence-electron chi connectivity index (χ3n) is 7.24. The first-order valence-corrected chi connectivity index (χ1v) is 9.68. The maximum atomic E-state index is 13.1. The second-order valence-corrected chi connectivity index (χ2v) is 8.62. The molecule has 0 radical (unpaired) electrons. The average Bonchev–Trinajstić information content (AvgIpc) is 2.52. The summed E-state index contributed by atoms with van der Waals surface area (Å²) in [6, 6.07) is 0. The van der Waals surface area contributed by atoms with Gasteiger partial charge in [-0.1, -0.05) is 0 Å². The van der Waals surface area contributed by atoms with E-state index in [1.54, 1.807) is 0 Å². The summed E-state index contributed by atoms with van der Waals surface area (Å²) in [5, 5.41) is 3.26. The number of hydrogen-bond acceptors (Lipinski definition) is 2. The molecule has 4 saturated carbocycles. The molecular formula is C19H32N2O. The lowest BCUT2D eigenvalue weighted by molar-refractivity contribution is -0.150. The van der Waals surface area contributed by atoms with Gasteiger partial charge in [0, 0.05) is 19.0 Å². The van der Waals surface area contributed by atoms with E-state index < -0.39 is 0 Å². The van der Waals surface area contributed by atoms with Crippen LogP contribution < -0.4 is 5.32 Å². The summed E-state index contributed by atoms with van der Waals surface area (Å²) in [5.74, 6) is 5.20. The lowest BCUT2D eigenvalue weighted by Gasteiger charge is -2.54. The van der Waals surface area contributed by atoms with Crippen LogP contribution in [0.2, 0.25) is 0 Å². The summed E-state index contributed by atoms with van der Waals surface area (Å²) >= 11 is 0. The largest absolute Gasteiger partial charge is 0.342 e. The first-order valence-electron chi connectivity index (χ1n) is 9.68. The highest BCUT2D eigenvalue weighted by atomic mass is 16.2. The Morgan fingerprint density at radius 2 is 1.59 bits per heavy atom. The van der Waals surface area contributed by atoms with E-state index in [0.29, 0.717) is 11.8 Å². The van der Waals surface area contributed by atoms with Gasteiger partial charge in [-0.3, -0.25) is 4.79 Å². The van der Waals surface area contributed by atoms with Crippen LogP contribution in [0.3, 0.4) is 0 Å². The Morgan fingerprint density at radius 3 is 2.14 bits per heavy atom. The van der Waals surface area contributed by atoms with Gasteiger partial charge < -0.3 is 10.2 Å². The third kappa shape index (κ3) is 2.70. The molecule has 22 heavy (non-hydrogen) atoms.